The second kappa shape index (κ2) is 7.07. The fraction of sp³-hybridized carbons (Fsp3) is 0.421. The highest BCUT2D eigenvalue weighted by molar-refractivity contribution is 7.10. The number of hydrogen-bond donors (Lipinski definition) is 0. The van der Waals surface area contributed by atoms with E-state index in [1.165, 1.54) is 35.4 Å². The number of anilines is 1. The van der Waals surface area contributed by atoms with Gasteiger partial charge in [-0.1, -0.05) is 0 Å². The number of rotatable bonds is 3. The highest BCUT2D eigenvalue weighted by atomic mass is 32.1. The summed E-state index contributed by atoms with van der Waals surface area (Å²) in [5, 5.41) is 12.8. The molecular weight excluding hydrogens is 350 g/mol. The molecule has 1 fully saturated rings. The van der Waals surface area contributed by atoms with Gasteiger partial charge in [-0.3, -0.25) is 14.9 Å². The minimum atomic E-state index is -0.387. The average molecular weight is 371 g/mol. The minimum absolute atomic E-state index is 0.102. The zero-order valence-corrected chi connectivity index (χ0v) is 15.3. The van der Waals surface area contributed by atoms with Crippen LogP contribution < -0.4 is 4.90 Å². The van der Waals surface area contributed by atoms with Crippen LogP contribution >= 0.6 is 11.3 Å². The Hall–Kier alpha value is -2.41. The first-order valence-electron chi connectivity index (χ1n) is 9.01. The summed E-state index contributed by atoms with van der Waals surface area (Å²) in [6.07, 6.45) is 4.55. The zero-order chi connectivity index (χ0) is 18.1. The molecule has 136 valence electrons. The predicted molar refractivity (Wildman–Crippen MR) is 102 cm³/mol. The first-order valence-corrected chi connectivity index (χ1v) is 9.89. The average Bonchev–Trinajstić information content (AvgIpc) is 3.12. The fourth-order valence-corrected chi connectivity index (χ4v) is 4.92. The molecule has 0 bridgehead atoms. The van der Waals surface area contributed by atoms with E-state index in [1.807, 2.05) is 10.3 Å². The topological polar surface area (TPSA) is 66.7 Å². The molecule has 0 unspecified atom stereocenters. The van der Waals surface area contributed by atoms with Crippen LogP contribution in [0.25, 0.3) is 0 Å². The van der Waals surface area contributed by atoms with Gasteiger partial charge >= 0.3 is 0 Å². The second-order valence-electron chi connectivity index (χ2n) is 6.81. The maximum Gasteiger partial charge on any atom is 0.269 e. The molecule has 0 saturated carbocycles. The van der Waals surface area contributed by atoms with Gasteiger partial charge in [0.1, 0.15) is 0 Å². The van der Waals surface area contributed by atoms with E-state index < -0.39 is 0 Å². The lowest BCUT2D eigenvalue weighted by Crippen LogP contribution is -2.48. The molecule has 1 saturated heterocycles. The highest BCUT2D eigenvalue weighted by Crippen LogP contribution is 2.31. The van der Waals surface area contributed by atoms with Crippen molar-refractivity contribution in [1.82, 2.24) is 4.90 Å². The van der Waals surface area contributed by atoms with Crippen LogP contribution in [0.15, 0.2) is 29.6 Å². The Morgan fingerprint density at radius 2 is 1.73 bits per heavy atom. The molecule has 2 aromatic rings. The number of benzene rings is 1. The monoisotopic (exact) mass is 371 g/mol. The number of piperazine rings is 1. The maximum absolute atomic E-state index is 12.9. The van der Waals surface area contributed by atoms with Crippen molar-refractivity contribution in [3.8, 4) is 0 Å². The molecule has 1 aromatic carbocycles. The van der Waals surface area contributed by atoms with Crippen molar-refractivity contribution in [3.63, 3.8) is 0 Å². The standard InChI is InChI=1S/C19H21N3O3S/c23-19(17-13-26-18-4-2-1-3-16(17)18)21-11-9-20(10-12-21)14-5-7-15(8-6-14)22(24)25/h5-8,13H,1-4,9-12H2. The van der Waals surface area contributed by atoms with E-state index in [1.54, 1.807) is 23.5 Å². The van der Waals surface area contributed by atoms with Crippen LogP contribution in [0.5, 0.6) is 0 Å². The SMILES string of the molecule is O=C(c1csc2c1CCCC2)N1CCN(c2ccc([N+](=O)[O-])cc2)CC1. The second-order valence-corrected chi connectivity index (χ2v) is 7.78. The van der Waals surface area contributed by atoms with Gasteiger partial charge in [0.15, 0.2) is 0 Å². The van der Waals surface area contributed by atoms with E-state index >= 15 is 0 Å². The van der Waals surface area contributed by atoms with Gasteiger partial charge in [-0.25, -0.2) is 0 Å². The predicted octanol–water partition coefficient (Wildman–Crippen LogP) is 3.50. The van der Waals surface area contributed by atoms with Gasteiger partial charge in [-0.05, 0) is 43.4 Å². The van der Waals surface area contributed by atoms with Crippen molar-refractivity contribution >= 4 is 28.6 Å². The first kappa shape index (κ1) is 17.0. The van der Waals surface area contributed by atoms with Crippen LogP contribution in [0.1, 0.15) is 33.6 Å². The summed E-state index contributed by atoms with van der Waals surface area (Å²) < 4.78 is 0. The number of hydrogen-bond acceptors (Lipinski definition) is 5. The van der Waals surface area contributed by atoms with Gasteiger partial charge in [0.2, 0.25) is 0 Å². The van der Waals surface area contributed by atoms with Crippen molar-refractivity contribution in [3.05, 3.63) is 55.8 Å². The van der Waals surface area contributed by atoms with Crippen LogP contribution in [0.4, 0.5) is 11.4 Å². The van der Waals surface area contributed by atoms with E-state index in [4.69, 9.17) is 0 Å². The summed E-state index contributed by atoms with van der Waals surface area (Å²) in [5.74, 6) is 0.160. The number of fused-ring (bicyclic) bond motifs is 1. The molecule has 0 N–H and O–H groups in total. The third-order valence-electron chi connectivity index (χ3n) is 5.28. The van der Waals surface area contributed by atoms with Gasteiger partial charge in [0.25, 0.3) is 11.6 Å². The smallest absolute Gasteiger partial charge is 0.269 e. The Balaban J connectivity index is 1.41. The minimum Gasteiger partial charge on any atom is -0.368 e. The van der Waals surface area contributed by atoms with E-state index in [0.29, 0.717) is 13.1 Å². The Kier molecular flexibility index (Phi) is 4.63. The number of nitro groups is 1. The number of amides is 1. The number of carbonyl (C=O) groups excluding carboxylic acids is 1. The normalized spacial score (nSPS) is 17.1. The quantitative estimate of drug-likeness (QED) is 0.612. The summed E-state index contributed by atoms with van der Waals surface area (Å²) >= 11 is 1.73. The number of carbonyl (C=O) groups is 1. The zero-order valence-electron chi connectivity index (χ0n) is 14.5. The van der Waals surface area contributed by atoms with Crippen molar-refractivity contribution in [1.29, 1.82) is 0 Å². The van der Waals surface area contributed by atoms with Crippen LogP contribution in [0, 0.1) is 10.1 Å². The molecular formula is C19H21N3O3S. The van der Waals surface area contributed by atoms with Crippen molar-refractivity contribution in [2.24, 2.45) is 0 Å². The summed E-state index contributed by atoms with van der Waals surface area (Å²) in [7, 11) is 0. The molecule has 0 spiro atoms. The van der Waals surface area contributed by atoms with Crippen LogP contribution in [0.3, 0.4) is 0 Å². The molecule has 7 heteroatoms. The fourth-order valence-electron chi connectivity index (χ4n) is 3.80. The number of aryl methyl sites for hydroxylation is 1. The number of non-ortho nitro benzene ring substituents is 1. The van der Waals surface area contributed by atoms with E-state index in [9.17, 15) is 14.9 Å². The molecule has 26 heavy (non-hydrogen) atoms. The summed E-state index contributed by atoms with van der Waals surface area (Å²) in [4.78, 5) is 28.8. The third kappa shape index (κ3) is 3.19. The van der Waals surface area contributed by atoms with Gasteiger partial charge in [0.05, 0.1) is 10.5 Å². The van der Waals surface area contributed by atoms with Gasteiger partial charge in [0, 0.05) is 54.3 Å². The molecule has 2 aliphatic rings. The molecule has 1 aromatic heterocycles. The maximum atomic E-state index is 12.9. The Labute approximate surface area is 156 Å². The Bertz CT molecular complexity index is 823. The lowest BCUT2D eigenvalue weighted by Gasteiger charge is -2.36. The van der Waals surface area contributed by atoms with Crippen LogP contribution in [-0.4, -0.2) is 41.9 Å². The summed E-state index contributed by atoms with van der Waals surface area (Å²) in [6, 6.07) is 6.63. The molecule has 2 heterocycles. The van der Waals surface area contributed by atoms with Crippen LogP contribution in [0.2, 0.25) is 0 Å². The largest absolute Gasteiger partial charge is 0.368 e. The van der Waals surface area contributed by atoms with E-state index in [-0.39, 0.29) is 16.5 Å². The van der Waals surface area contributed by atoms with Gasteiger partial charge < -0.3 is 9.80 Å². The molecule has 6 nitrogen and oxygen atoms in total. The highest BCUT2D eigenvalue weighted by Gasteiger charge is 2.27. The van der Waals surface area contributed by atoms with Crippen molar-refractivity contribution < 1.29 is 9.72 Å². The summed E-state index contributed by atoms with van der Waals surface area (Å²) in [6.45, 7) is 2.85. The molecule has 1 aliphatic carbocycles. The summed E-state index contributed by atoms with van der Waals surface area (Å²) in [5.41, 5.74) is 3.26. The van der Waals surface area contributed by atoms with Gasteiger partial charge in [-0.2, -0.15) is 0 Å². The Morgan fingerprint density at radius 1 is 1.04 bits per heavy atom. The van der Waals surface area contributed by atoms with Crippen molar-refractivity contribution in [2.75, 3.05) is 31.1 Å². The number of nitrogens with zero attached hydrogens (tertiary/aromatic N) is 3. The molecule has 1 amide bonds. The molecule has 1 aliphatic heterocycles. The van der Waals surface area contributed by atoms with E-state index in [0.717, 1.165) is 37.2 Å². The van der Waals surface area contributed by atoms with Crippen LogP contribution in [-0.2, 0) is 12.8 Å². The lowest BCUT2D eigenvalue weighted by atomic mass is 9.95. The van der Waals surface area contributed by atoms with E-state index in [2.05, 4.69) is 4.90 Å². The van der Waals surface area contributed by atoms with Gasteiger partial charge in [-0.15, -0.1) is 11.3 Å². The number of thiophene rings is 1. The lowest BCUT2D eigenvalue weighted by molar-refractivity contribution is -0.384. The number of nitro benzene ring substituents is 1. The first-order chi connectivity index (χ1) is 12.6. The molecule has 0 radical (unpaired) electrons. The van der Waals surface area contributed by atoms with Crippen molar-refractivity contribution in [2.45, 2.75) is 25.7 Å². The molecule has 4 rings (SSSR count). The third-order valence-corrected chi connectivity index (χ3v) is 6.37. The Morgan fingerprint density at radius 3 is 2.42 bits per heavy atom. The molecule has 0 atom stereocenters.